The fourth-order valence-corrected chi connectivity index (χ4v) is 1.26. The van der Waals surface area contributed by atoms with Crippen molar-refractivity contribution in [2.75, 3.05) is 0 Å². The van der Waals surface area contributed by atoms with E-state index < -0.39 is 16.4 Å². The van der Waals surface area contributed by atoms with Crippen LogP contribution >= 0.6 is 15.9 Å². The van der Waals surface area contributed by atoms with Gasteiger partial charge in [-0.05, 0) is 22.0 Å². The van der Waals surface area contributed by atoms with Crippen molar-refractivity contribution in [2.24, 2.45) is 0 Å². The molecule has 0 spiro atoms. The predicted molar refractivity (Wildman–Crippen MR) is 39.1 cm³/mol. The maximum absolute atomic E-state index is 10.5. The smallest absolute Gasteiger partial charge is 0.332 e. The molecule has 1 atom stereocenters. The summed E-state index contributed by atoms with van der Waals surface area (Å²) in [6, 6.07) is 0. The summed E-state index contributed by atoms with van der Waals surface area (Å²) in [6.45, 7) is 0. The van der Waals surface area contributed by atoms with Gasteiger partial charge in [0.1, 0.15) is 0 Å². The van der Waals surface area contributed by atoms with E-state index >= 15 is 0 Å². The Morgan fingerprint density at radius 1 is 1.82 bits per heavy atom. The van der Waals surface area contributed by atoms with Crippen LogP contribution in [-0.2, 0) is 14.3 Å². The van der Waals surface area contributed by atoms with E-state index in [-0.39, 0.29) is 6.42 Å². The van der Waals surface area contributed by atoms with Crippen molar-refractivity contribution in [1.82, 2.24) is 0 Å². The summed E-state index contributed by atoms with van der Waals surface area (Å²) in [6.07, 6.45) is 2.30. The Morgan fingerprint density at radius 3 is 2.82 bits per heavy atom. The van der Waals surface area contributed by atoms with E-state index in [9.17, 15) is 9.59 Å². The molecular weight excluding hydrogens is 216 g/mol. The molecule has 60 valence electrons. The Morgan fingerprint density at radius 2 is 2.45 bits per heavy atom. The van der Waals surface area contributed by atoms with Crippen LogP contribution in [0.4, 0.5) is 0 Å². The van der Waals surface area contributed by atoms with Crippen LogP contribution in [-0.4, -0.2) is 21.6 Å². The van der Waals surface area contributed by atoms with Gasteiger partial charge in [0, 0.05) is 6.08 Å². The zero-order chi connectivity index (χ0) is 8.48. The molecule has 5 heteroatoms. The van der Waals surface area contributed by atoms with E-state index in [1.807, 2.05) is 0 Å². The van der Waals surface area contributed by atoms with Gasteiger partial charge in [-0.25, -0.2) is 4.79 Å². The second-order valence-corrected chi connectivity index (χ2v) is 3.45. The Bertz CT molecular complexity index is 235. The quantitative estimate of drug-likeness (QED) is 0.549. The molecule has 1 rings (SSSR count). The van der Waals surface area contributed by atoms with Gasteiger partial charge in [-0.2, -0.15) is 0 Å². The average molecular weight is 221 g/mol. The number of carbonyl (C=O) groups excluding carboxylic acids is 1. The molecule has 0 amide bonds. The van der Waals surface area contributed by atoms with Crippen molar-refractivity contribution in [3.63, 3.8) is 0 Å². The summed E-state index contributed by atoms with van der Waals surface area (Å²) in [5, 5.41) is 8.37. The van der Waals surface area contributed by atoms with Crippen LogP contribution in [0, 0.1) is 0 Å². The number of aliphatic carboxylic acids is 1. The number of carboxylic acid groups (broad SMARTS) is 1. The van der Waals surface area contributed by atoms with Crippen LogP contribution in [0.15, 0.2) is 12.2 Å². The number of cyclic esters (lactones) is 1. The number of alkyl halides is 1. The van der Waals surface area contributed by atoms with Gasteiger partial charge < -0.3 is 9.84 Å². The number of ether oxygens (including phenoxy) is 1. The fourth-order valence-electron chi connectivity index (χ4n) is 0.729. The van der Waals surface area contributed by atoms with E-state index in [1.54, 1.807) is 0 Å². The molecule has 0 aromatic carbocycles. The topological polar surface area (TPSA) is 63.6 Å². The van der Waals surface area contributed by atoms with Crippen LogP contribution in [0.25, 0.3) is 0 Å². The highest BCUT2D eigenvalue weighted by Gasteiger charge is 2.34. The standard InChI is InChI=1S/C6H5BrO4/c7-6(3-4(8)9)2-1-5(10)11-6/h1-2H,3H2,(H,8,9). The van der Waals surface area contributed by atoms with Crippen molar-refractivity contribution >= 4 is 27.9 Å². The first kappa shape index (κ1) is 8.26. The molecule has 0 saturated carbocycles. The number of hydrogen-bond acceptors (Lipinski definition) is 3. The third-order valence-corrected chi connectivity index (χ3v) is 1.84. The van der Waals surface area contributed by atoms with Crippen LogP contribution in [0.2, 0.25) is 0 Å². The van der Waals surface area contributed by atoms with Gasteiger partial charge in [0.25, 0.3) is 0 Å². The molecule has 0 bridgehead atoms. The first-order valence-corrected chi connectivity index (χ1v) is 3.64. The van der Waals surface area contributed by atoms with Crippen molar-refractivity contribution < 1.29 is 19.4 Å². The highest BCUT2D eigenvalue weighted by atomic mass is 79.9. The predicted octanol–water partition coefficient (Wildman–Crippen LogP) is 0.665. The van der Waals surface area contributed by atoms with Crippen molar-refractivity contribution in [1.29, 1.82) is 0 Å². The zero-order valence-electron chi connectivity index (χ0n) is 5.41. The molecule has 0 fully saturated rings. The first-order chi connectivity index (χ1) is 5.02. The number of carbonyl (C=O) groups is 2. The summed E-state index contributed by atoms with van der Waals surface area (Å²) >= 11 is 2.98. The molecule has 0 saturated heterocycles. The fraction of sp³-hybridized carbons (Fsp3) is 0.333. The molecule has 11 heavy (non-hydrogen) atoms. The summed E-state index contributed by atoms with van der Waals surface area (Å²) < 4.78 is 3.52. The maximum Gasteiger partial charge on any atom is 0.332 e. The summed E-state index contributed by atoms with van der Waals surface area (Å²) in [7, 11) is 0. The van der Waals surface area contributed by atoms with Gasteiger partial charge >= 0.3 is 11.9 Å². The molecule has 1 N–H and O–H groups in total. The first-order valence-electron chi connectivity index (χ1n) is 2.85. The Balaban J connectivity index is 2.63. The summed E-state index contributed by atoms with van der Waals surface area (Å²) in [5.74, 6) is -1.55. The Labute approximate surface area is 71.0 Å². The lowest BCUT2D eigenvalue weighted by molar-refractivity contribution is -0.145. The highest BCUT2D eigenvalue weighted by molar-refractivity contribution is 9.10. The summed E-state index contributed by atoms with van der Waals surface area (Å²) in [5.41, 5.74) is 0. The molecule has 0 aromatic rings. The molecule has 0 radical (unpaired) electrons. The monoisotopic (exact) mass is 220 g/mol. The normalized spacial score (nSPS) is 28.6. The Kier molecular flexibility index (Phi) is 1.99. The number of carboxylic acids is 1. The lowest BCUT2D eigenvalue weighted by Gasteiger charge is -2.15. The van der Waals surface area contributed by atoms with Crippen molar-refractivity contribution in [3.05, 3.63) is 12.2 Å². The number of rotatable bonds is 2. The third kappa shape index (κ3) is 2.04. The van der Waals surface area contributed by atoms with E-state index in [2.05, 4.69) is 20.7 Å². The molecule has 0 aromatic heterocycles. The second kappa shape index (κ2) is 2.65. The largest absolute Gasteiger partial charge is 0.481 e. The number of esters is 1. The van der Waals surface area contributed by atoms with Crippen molar-refractivity contribution in [3.8, 4) is 0 Å². The molecule has 1 aliphatic rings. The lowest BCUT2D eigenvalue weighted by Crippen LogP contribution is -2.23. The number of hydrogen-bond donors (Lipinski definition) is 1. The van der Waals surface area contributed by atoms with Gasteiger partial charge in [-0.3, -0.25) is 4.79 Å². The molecule has 1 unspecified atom stereocenters. The minimum atomic E-state index is -1.13. The van der Waals surface area contributed by atoms with Gasteiger partial charge in [-0.1, -0.05) is 0 Å². The highest BCUT2D eigenvalue weighted by Crippen LogP contribution is 2.30. The molecular formula is C6H5BrO4. The molecule has 0 aliphatic carbocycles. The second-order valence-electron chi connectivity index (χ2n) is 2.11. The van der Waals surface area contributed by atoms with Crippen molar-refractivity contribution in [2.45, 2.75) is 10.9 Å². The zero-order valence-corrected chi connectivity index (χ0v) is 7.00. The van der Waals surface area contributed by atoms with Crippen LogP contribution in [0.1, 0.15) is 6.42 Å². The van der Waals surface area contributed by atoms with E-state index in [1.165, 1.54) is 12.2 Å². The van der Waals surface area contributed by atoms with Crippen LogP contribution in [0.5, 0.6) is 0 Å². The lowest BCUT2D eigenvalue weighted by atomic mass is 10.2. The average Bonchev–Trinajstić information content (AvgIpc) is 2.08. The van der Waals surface area contributed by atoms with Crippen LogP contribution < -0.4 is 0 Å². The van der Waals surface area contributed by atoms with E-state index in [0.717, 1.165) is 0 Å². The summed E-state index contributed by atoms with van der Waals surface area (Å²) in [4.78, 5) is 20.7. The number of halogens is 1. The molecule has 1 aliphatic heterocycles. The molecule has 4 nitrogen and oxygen atoms in total. The van der Waals surface area contributed by atoms with Gasteiger partial charge in [-0.15, -0.1) is 0 Å². The van der Waals surface area contributed by atoms with Gasteiger partial charge in [0.05, 0.1) is 6.42 Å². The third-order valence-electron chi connectivity index (χ3n) is 1.13. The van der Waals surface area contributed by atoms with E-state index in [0.29, 0.717) is 0 Å². The minimum Gasteiger partial charge on any atom is -0.481 e. The molecule has 1 heterocycles. The minimum absolute atomic E-state index is 0.269. The Hall–Kier alpha value is -0.840. The van der Waals surface area contributed by atoms with E-state index in [4.69, 9.17) is 5.11 Å². The van der Waals surface area contributed by atoms with Gasteiger partial charge in [0.15, 0.2) is 4.51 Å². The maximum atomic E-state index is 10.5. The van der Waals surface area contributed by atoms with Gasteiger partial charge in [0.2, 0.25) is 0 Å². The van der Waals surface area contributed by atoms with Crippen LogP contribution in [0.3, 0.4) is 0 Å². The SMILES string of the molecule is O=C(O)CC1(Br)C=CC(=O)O1.